The molecule has 21 heavy (non-hydrogen) atoms. The van der Waals surface area contributed by atoms with Gasteiger partial charge in [0.15, 0.2) is 0 Å². The largest absolute Gasteiger partial charge is 0.339 e. The Balaban J connectivity index is 1.88. The number of rotatable bonds is 3. The lowest BCUT2D eigenvalue weighted by Gasteiger charge is -2.36. The second kappa shape index (κ2) is 5.95. The van der Waals surface area contributed by atoms with Gasteiger partial charge < -0.3 is 9.80 Å². The second-order valence-electron chi connectivity index (χ2n) is 5.36. The van der Waals surface area contributed by atoms with Crippen LogP contribution < -0.4 is 4.90 Å². The molecule has 1 unspecified atom stereocenters. The van der Waals surface area contributed by atoms with Crippen molar-refractivity contribution in [2.75, 3.05) is 32.1 Å². The summed E-state index contributed by atoms with van der Waals surface area (Å²) in [6, 6.07) is 2.32. The van der Waals surface area contributed by atoms with Gasteiger partial charge >= 0.3 is 0 Å². The summed E-state index contributed by atoms with van der Waals surface area (Å²) in [5.41, 5.74) is 0. The van der Waals surface area contributed by atoms with Crippen LogP contribution in [0, 0.1) is 0 Å². The van der Waals surface area contributed by atoms with Crippen molar-refractivity contribution < 1.29 is 0 Å². The maximum Gasteiger partial charge on any atom is 0.256 e. The fraction of sp³-hybridized carbons (Fsp3) is 0.538. The molecule has 1 aliphatic heterocycles. The van der Waals surface area contributed by atoms with Crippen molar-refractivity contribution in [3.63, 3.8) is 0 Å². The maximum absolute atomic E-state index is 6.04. The molecule has 112 valence electrons. The minimum atomic E-state index is 0.192. The first-order valence-electron chi connectivity index (χ1n) is 6.96. The van der Waals surface area contributed by atoms with E-state index in [4.69, 9.17) is 11.6 Å². The molecule has 2 aromatic rings. The lowest BCUT2D eigenvalue weighted by atomic mass is 10.1. The van der Waals surface area contributed by atoms with Gasteiger partial charge in [-0.2, -0.15) is 20.1 Å². The highest BCUT2D eigenvalue weighted by molar-refractivity contribution is 6.28. The molecule has 3 heterocycles. The summed E-state index contributed by atoms with van der Waals surface area (Å²) in [5.74, 6) is 1.06. The molecule has 1 fully saturated rings. The van der Waals surface area contributed by atoms with E-state index in [1.165, 1.54) is 6.42 Å². The number of hydrogen-bond donors (Lipinski definition) is 0. The predicted molar refractivity (Wildman–Crippen MR) is 80.9 cm³/mol. The van der Waals surface area contributed by atoms with Crippen LogP contribution in [0.25, 0.3) is 5.95 Å². The molecule has 3 rings (SSSR count). The van der Waals surface area contributed by atoms with E-state index in [0.29, 0.717) is 17.9 Å². The van der Waals surface area contributed by atoms with E-state index in [1.54, 1.807) is 17.1 Å². The van der Waals surface area contributed by atoms with Gasteiger partial charge in [-0.25, -0.2) is 4.68 Å². The molecule has 1 saturated heterocycles. The summed E-state index contributed by atoms with van der Waals surface area (Å²) < 4.78 is 1.59. The van der Waals surface area contributed by atoms with Gasteiger partial charge in [-0.05, 0) is 44.6 Å². The Morgan fingerprint density at radius 2 is 2.05 bits per heavy atom. The average Bonchev–Trinajstić information content (AvgIpc) is 3.01. The van der Waals surface area contributed by atoms with E-state index >= 15 is 0 Å². The van der Waals surface area contributed by atoms with Gasteiger partial charge in [-0.1, -0.05) is 0 Å². The number of piperidine rings is 1. The van der Waals surface area contributed by atoms with Crippen LogP contribution in [0.1, 0.15) is 12.8 Å². The summed E-state index contributed by atoms with van der Waals surface area (Å²) >= 11 is 6.04. The zero-order chi connectivity index (χ0) is 14.8. The molecule has 0 N–H and O–H groups in total. The molecule has 0 amide bonds. The normalized spacial score (nSPS) is 19.2. The maximum atomic E-state index is 6.04. The Hall–Kier alpha value is -1.73. The molecular weight excluding hydrogens is 290 g/mol. The minimum absolute atomic E-state index is 0.192. The highest BCUT2D eigenvalue weighted by Gasteiger charge is 2.24. The van der Waals surface area contributed by atoms with Crippen molar-refractivity contribution >= 4 is 17.5 Å². The fourth-order valence-corrected chi connectivity index (χ4v) is 2.67. The van der Waals surface area contributed by atoms with Crippen LogP contribution in [0.4, 0.5) is 5.95 Å². The molecule has 7 nitrogen and oxygen atoms in total. The van der Waals surface area contributed by atoms with Gasteiger partial charge in [-0.15, -0.1) is 0 Å². The molecule has 0 saturated carbocycles. The Kier molecular flexibility index (Phi) is 4.03. The van der Waals surface area contributed by atoms with Crippen LogP contribution in [-0.4, -0.2) is 62.9 Å². The minimum Gasteiger partial charge on any atom is -0.339 e. The highest BCUT2D eigenvalue weighted by atomic mass is 35.5. The summed E-state index contributed by atoms with van der Waals surface area (Å²) in [6.07, 6.45) is 5.77. The Labute approximate surface area is 128 Å². The smallest absolute Gasteiger partial charge is 0.256 e. The number of hydrogen-bond acceptors (Lipinski definition) is 6. The van der Waals surface area contributed by atoms with E-state index in [2.05, 4.69) is 43.9 Å². The van der Waals surface area contributed by atoms with Crippen molar-refractivity contribution in [3.05, 3.63) is 23.7 Å². The molecule has 0 bridgehead atoms. The van der Waals surface area contributed by atoms with Gasteiger partial charge in [0.1, 0.15) is 0 Å². The monoisotopic (exact) mass is 307 g/mol. The van der Waals surface area contributed by atoms with Crippen LogP contribution >= 0.6 is 11.6 Å². The topological polar surface area (TPSA) is 63.0 Å². The Morgan fingerprint density at radius 3 is 2.76 bits per heavy atom. The van der Waals surface area contributed by atoms with E-state index < -0.39 is 0 Å². The van der Waals surface area contributed by atoms with E-state index in [1.807, 2.05) is 6.07 Å². The van der Waals surface area contributed by atoms with E-state index in [0.717, 1.165) is 19.5 Å². The zero-order valence-corrected chi connectivity index (χ0v) is 12.9. The van der Waals surface area contributed by atoms with Crippen LogP contribution in [0.5, 0.6) is 0 Å². The van der Waals surface area contributed by atoms with Crippen molar-refractivity contribution in [1.82, 2.24) is 29.6 Å². The first-order valence-corrected chi connectivity index (χ1v) is 7.34. The Morgan fingerprint density at radius 1 is 1.24 bits per heavy atom. The molecule has 0 aliphatic carbocycles. The quantitative estimate of drug-likeness (QED) is 0.850. The van der Waals surface area contributed by atoms with Gasteiger partial charge in [-0.3, -0.25) is 0 Å². The number of anilines is 1. The summed E-state index contributed by atoms with van der Waals surface area (Å²) in [5, 5.41) is 4.33. The third-order valence-corrected chi connectivity index (χ3v) is 3.87. The van der Waals surface area contributed by atoms with E-state index in [9.17, 15) is 0 Å². The van der Waals surface area contributed by atoms with Crippen molar-refractivity contribution in [1.29, 1.82) is 0 Å². The highest BCUT2D eigenvalue weighted by Crippen LogP contribution is 2.20. The third-order valence-electron chi connectivity index (χ3n) is 3.70. The molecule has 0 radical (unpaired) electrons. The van der Waals surface area contributed by atoms with Crippen molar-refractivity contribution in [3.8, 4) is 5.95 Å². The Bertz CT molecular complexity index is 599. The predicted octanol–water partition coefficient (Wildman–Crippen LogP) is 1.24. The van der Waals surface area contributed by atoms with Crippen LogP contribution in [0.2, 0.25) is 5.28 Å². The molecule has 0 aromatic carbocycles. The third kappa shape index (κ3) is 3.14. The van der Waals surface area contributed by atoms with Crippen LogP contribution in [0.3, 0.4) is 0 Å². The van der Waals surface area contributed by atoms with Gasteiger partial charge in [0.25, 0.3) is 5.95 Å². The molecule has 8 heteroatoms. The number of likely N-dealkylation sites (N-methyl/N-ethyl adjacent to an activating group) is 1. The average molecular weight is 308 g/mol. The summed E-state index contributed by atoms with van der Waals surface area (Å²) in [4.78, 5) is 17.3. The van der Waals surface area contributed by atoms with Gasteiger partial charge in [0.2, 0.25) is 11.2 Å². The second-order valence-corrected chi connectivity index (χ2v) is 5.70. The van der Waals surface area contributed by atoms with Gasteiger partial charge in [0, 0.05) is 31.5 Å². The van der Waals surface area contributed by atoms with E-state index in [-0.39, 0.29) is 5.28 Å². The molecule has 1 aliphatic rings. The van der Waals surface area contributed by atoms with Crippen LogP contribution in [0.15, 0.2) is 18.5 Å². The molecule has 0 spiro atoms. The zero-order valence-electron chi connectivity index (χ0n) is 12.1. The number of aromatic nitrogens is 5. The van der Waals surface area contributed by atoms with Crippen molar-refractivity contribution in [2.45, 2.75) is 18.9 Å². The summed E-state index contributed by atoms with van der Waals surface area (Å²) in [6.45, 7) is 1.83. The standard InChI is InChI=1S/C13H18ClN7/c1-19(2)10-5-3-7-20(9-10)12-16-11(14)17-13(18-12)21-8-4-6-15-21/h4,6,8,10H,3,5,7,9H2,1-2H3. The first kappa shape index (κ1) is 14.2. The van der Waals surface area contributed by atoms with Crippen molar-refractivity contribution in [2.24, 2.45) is 0 Å². The van der Waals surface area contributed by atoms with Gasteiger partial charge in [0.05, 0.1) is 0 Å². The fourth-order valence-electron chi connectivity index (χ4n) is 2.52. The lowest BCUT2D eigenvalue weighted by molar-refractivity contribution is 0.257. The molecule has 2 aromatic heterocycles. The number of halogens is 1. The summed E-state index contributed by atoms with van der Waals surface area (Å²) in [7, 11) is 4.20. The lowest BCUT2D eigenvalue weighted by Crippen LogP contribution is -2.45. The molecule has 1 atom stereocenters. The SMILES string of the molecule is CN(C)C1CCCN(c2nc(Cl)nc(-n3cccn3)n2)C1. The van der Waals surface area contributed by atoms with Crippen LogP contribution in [-0.2, 0) is 0 Å². The number of nitrogens with zero attached hydrogens (tertiary/aromatic N) is 7. The first-order chi connectivity index (χ1) is 10.1. The molecular formula is C13H18ClN7.